The third-order valence-corrected chi connectivity index (χ3v) is 7.78. The fourth-order valence-electron chi connectivity index (χ4n) is 5.75. The molecule has 0 atom stereocenters. The molecule has 4 aromatic carbocycles. The van der Waals surface area contributed by atoms with Gasteiger partial charge in [-0.25, -0.2) is 4.79 Å². The van der Waals surface area contributed by atoms with Gasteiger partial charge in [-0.05, 0) is 48.9 Å². The third-order valence-electron chi connectivity index (χ3n) is 7.78. The molecule has 0 fully saturated rings. The van der Waals surface area contributed by atoms with Crippen molar-refractivity contribution in [1.29, 1.82) is 0 Å². The SMILES string of the molecule is CCOC(=O)c1[nH]c2c(-c3c(COc4ccccc4)nn(C)c3CO)cccc2c1CCCOc1cccc2ccccc12. The molecule has 2 aromatic heterocycles. The lowest BCUT2D eigenvalue weighted by Crippen LogP contribution is -2.09. The molecular weight excluding hydrogens is 554 g/mol. The van der Waals surface area contributed by atoms with Gasteiger partial charge in [0.05, 0.1) is 31.0 Å². The average Bonchev–Trinajstić information content (AvgIpc) is 3.59. The van der Waals surface area contributed by atoms with Gasteiger partial charge in [0.25, 0.3) is 0 Å². The van der Waals surface area contributed by atoms with Gasteiger partial charge in [0.1, 0.15) is 29.5 Å². The maximum absolute atomic E-state index is 13.2. The van der Waals surface area contributed by atoms with Crippen LogP contribution in [0.5, 0.6) is 11.5 Å². The van der Waals surface area contributed by atoms with E-state index < -0.39 is 5.97 Å². The van der Waals surface area contributed by atoms with Gasteiger partial charge in [-0.15, -0.1) is 0 Å². The molecule has 224 valence electrons. The van der Waals surface area contributed by atoms with E-state index in [1.165, 1.54) is 0 Å². The normalized spacial score (nSPS) is 11.2. The lowest BCUT2D eigenvalue weighted by atomic mass is 9.98. The number of para-hydroxylation sites is 2. The van der Waals surface area contributed by atoms with E-state index in [4.69, 9.17) is 19.3 Å². The van der Waals surface area contributed by atoms with Crippen molar-refractivity contribution in [3.63, 3.8) is 0 Å². The monoisotopic (exact) mass is 589 g/mol. The van der Waals surface area contributed by atoms with Crippen LogP contribution in [0.2, 0.25) is 0 Å². The number of carbonyl (C=O) groups is 1. The zero-order chi connectivity index (χ0) is 30.5. The second-order valence-electron chi connectivity index (χ2n) is 10.5. The summed E-state index contributed by atoms with van der Waals surface area (Å²) in [6.07, 6.45) is 1.30. The third kappa shape index (κ3) is 5.76. The highest BCUT2D eigenvalue weighted by molar-refractivity contribution is 6.04. The maximum Gasteiger partial charge on any atom is 0.355 e. The van der Waals surface area contributed by atoms with E-state index in [1.807, 2.05) is 72.8 Å². The summed E-state index contributed by atoms with van der Waals surface area (Å²) >= 11 is 0. The summed E-state index contributed by atoms with van der Waals surface area (Å²) in [5.41, 5.74) is 5.03. The number of rotatable bonds is 12. The molecule has 2 heterocycles. The van der Waals surface area contributed by atoms with Crippen LogP contribution < -0.4 is 9.47 Å². The molecule has 0 amide bonds. The molecule has 6 rings (SSSR count). The molecule has 0 aliphatic carbocycles. The standard InChI is InChI=1S/C36H35N3O5/c1-3-42-36(41)35-28(19-11-21-43-32-20-9-13-24-12-7-8-16-26(24)32)27-17-10-18-29(34(27)37-35)33-30(38-39(2)31(33)22-40)23-44-25-14-5-4-6-15-25/h4-10,12-18,20,37,40H,3,11,19,21-23H2,1-2H3. The first kappa shape index (κ1) is 29.0. The van der Waals surface area contributed by atoms with Crippen LogP contribution in [0.3, 0.4) is 0 Å². The van der Waals surface area contributed by atoms with Crippen LogP contribution in [0.15, 0.2) is 91.0 Å². The smallest absolute Gasteiger partial charge is 0.355 e. The highest BCUT2D eigenvalue weighted by Gasteiger charge is 2.24. The number of aliphatic hydroxyl groups is 1. The van der Waals surface area contributed by atoms with Crippen LogP contribution in [-0.2, 0) is 31.4 Å². The van der Waals surface area contributed by atoms with E-state index >= 15 is 0 Å². The Hall–Kier alpha value is -5.08. The summed E-state index contributed by atoms with van der Waals surface area (Å²) in [4.78, 5) is 16.6. The van der Waals surface area contributed by atoms with Gasteiger partial charge in [-0.1, -0.05) is 72.8 Å². The van der Waals surface area contributed by atoms with Crippen LogP contribution in [0.1, 0.15) is 40.8 Å². The summed E-state index contributed by atoms with van der Waals surface area (Å²) in [5.74, 6) is 1.17. The van der Waals surface area contributed by atoms with Gasteiger partial charge in [-0.2, -0.15) is 5.10 Å². The van der Waals surface area contributed by atoms with Gasteiger partial charge in [0.15, 0.2) is 0 Å². The first-order valence-corrected chi connectivity index (χ1v) is 14.8. The van der Waals surface area contributed by atoms with E-state index in [2.05, 4.69) is 23.2 Å². The van der Waals surface area contributed by atoms with Crippen LogP contribution >= 0.6 is 0 Å². The molecular formula is C36H35N3O5. The van der Waals surface area contributed by atoms with Crippen molar-refractivity contribution in [2.24, 2.45) is 7.05 Å². The minimum Gasteiger partial charge on any atom is -0.493 e. The molecule has 2 N–H and O–H groups in total. The largest absolute Gasteiger partial charge is 0.493 e. The quantitative estimate of drug-likeness (QED) is 0.118. The number of benzene rings is 4. The van der Waals surface area contributed by atoms with E-state index in [9.17, 15) is 9.90 Å². The lowest BCUT2D eigenvalue weighted by Gasteiger charge is -2.10. The van der Waals surface area contributed by atoms with Gasteiger partial charge >= 0.3 is 5.97 Å². The van der Waals surface area contributed by atoms with Crippen molar-refractivity contribution in [2.75, 3.05) is 13.2 Å². The van der Waals surface area contributed by atoms with Crippen molar-refractivity contribution in [3.8, 4) is 22.6 Å². The summed E-state index contributed by atoms with van der Waals surface area (Å²) in [6, 6.07) is 29.7. The fourth-order valence-corrected chi connectivity index (χ4v) is 5.75. The Bertz CT molecular complexity index is 1900. The van der Waals surface area contributed by atoms with Crippen molar-refractivity contribution in [3.05, 3.63) is 114 Å². The topological polar surface area (TPSA) is 98.6 Å². The minimum atomic E-state index is -0.402. The van der Waals surface area contributed by atoms with E-state index in [1.54, 1.807) is 18.7 Å². The molecule has 6 aromatic rings. The molecule has 0 aliphatic rings. The molecule has 0 spiro atoms. The zero-order valence-electron chi connectivity index (χ0n) is 24.9. The Morgan fingerprint density at radius 3 is 2.48 bits per heavy atom. The summed E-state index contributed by atoms with van der Waals surface area (Å²) < 4.78 is 19.4. The number of fused-ring (bicyclic) bond motifs is 2. The predicted molar refractivity (Wildman–Crippen MR) is 171 cm³/mol. The lowest BCUT2D eigenvalue weighted by molar-refractivity contribution is 0.0519. The minimum absolute atomic E-state index is 0.204. The van der Waals surface area contributed by atoms with Gasteiger partial charge in [-0.3, -0.25) is 4.68 Å². The number of ether oxygens (including phenoxy) is 3. The number of hydrogen-bond acceptors (Lipinski definition) is 6. The number of carbonyl (C=O) groups excluding carboxylic acids is 1. The average molecular weight is 590 g/mol. The molecule has 0 bridgehead atoms. The molecule has 0 saturated heterocycles. The van der Waals surface area contributed by atoms with Crippen molar-refractivity contribution < 1.29 is 24.1 Å². The highest BCUT2D eigenvalue weighted by atomic mass is 16.5. The Balaban J connectivity index is 1.33. The summed E-state index contributed by atoms with van der Waals surface area (Å²) in [5, 5.41) is 18.2. The highest BCUT2D eigenvalue weighted by Crippen LogP contribution is 2.37. The van der Waals surface area contributed by atoms with Crippen LogP contribution in [0.25, 0.3) is 32.8 Å². The van der Waals surface area contributed by atoms with Crippen LogP contribution in [0.4, 0.5) is 0 Å². The Labute approximate surface area is 255 Å². The van der Waals surface area contributed by atoms with E-state index in [0.29, 0.717) is 36.5 Å². The fraction of sp³-hybridized carbons (Fsp3) is 0.222. The molecule has 8 nitrogen and oxygen atoms in total. The summed E-state index contributed by atoms with van der Waals surface area (Å²) in [6.45, 7) is 2.56. The van der Waals surface area contributed by atoms with Crippen molar-refractivity contribution in [2.45, 2.75) is 33.0 Å². The number of hydrogen-bond donors (Lipinski definition) is 2. The molecule has 0 aliphatic heterocycles. The number of aromatic amines is 1. The van der Waals surface area contributed by atoms with Crippen molar-refractivity contribution >= 4 is 27.6 Å². The Morgan fingerprint density at radius 1 is 0.909 bits per heavy atom. The second-order valence-corrected chi connectivity index (χ2v) is 10.5. The first-order valence-electron chi connectivity index (χ1n) is 14.8. The van der Waals surface area contributed by atoms with E-state index in [-0.39, 0.29) is 19.8 Å². The van der Waals surface area contributed by atoms with Crippen molar-refractivity contribution in [1.82, 2.24) is 14.8 Å². The number of aryl methyl sites for hydroxylation is 2. The second kappa shape index (κ2) is 13.1. The first-order chi connectivity index (χ1) is 21.6. The molecule has 0 saturated carbocycles. The van der Waals surface area contributed by atoms with Gasteiger partial charge in [0.2, 0.25) is 0 Å². The molecule has 44 heavy (non-hydrogen) atoms. The number of aliphatic hydroxyl groups excluding tert-OH is 1. The maximum atomic E-state index is 13.2. The number of esters is 1. The number of nitrogens with zero attached hydrogens (tertiary/aromatic N) is 2. The zero-order valence-corrected chi connectivity index (χ0v) is 24.9. The van der Waals surface area contributed by atoms with Crippen LogP contribution in [0, 0.1) is 0 Å². The number of nitrogens with one attached hydrogen (secondary N) is 1. The van der Waals surface area contributed by atoms with Gasteiger partial charge in [0, 0.05) is 28.9 Å². The summed E-state index contributed by atoms with van der Waals surface area (Å²) in [7, 11) is 1.81. The van der Waals surface area contributed by atoms with E-state index in [0.717, 1.165) is 49.9 Å². The Morgan fingerprint density at radius 2 is 1.66 bits per heavy atom. The predicted octanol–water partition coefficient (Wildman–Crippen LogP) is 6.98. The Kier molecular flexibility index (Phi) is 8.61. The number of H-pyrrole nitrogens is 1. The van der Waals surface area contributed by atoms with Crippen LogP contribution in [-0.4, -0.2) is 39.1 Å². The molecule has 8 heteroatoms. The number of aromatic nitrogens is 3. The molecule has 0 radical (unpaired) electrons. The molecule has 0 unspecified atom stereocenters. The van der Waals surface area contributed by atoms with Gasteiger partial charge < -0.3 is 24.3 Å².